The highest BCUT2D eigenvalue weighted by Gasteiger charge is 2.44. The predicted octanol–water partition coefficient (Wildman–Crippen LogP) is 2.91. The van der Waals surface area contributed by atoms with Crippen LogP contribution in [0.4, 0.5) is 0 Å². The number of likely N-dealkylation sites (tertiary alicyclic amines) is 1. The van der Waals surface area contributed by atoms with Crippen LogP contribution in [0, 0.1) is 17.3 Å². The van der Waals surface area contributed by atoms with Gasteiger partial charge in [0.25, 0.3) is 0 Å². The fourth-order valence-corrected chi connectivity index (χ4v) is 3.91. The van der Waals surface area contributed by atoms with E-state index in [1.807, 2.05) is 25.7 Å². The Kier molecular flexibility index (Phi) is 4.40. The van der Waals surface area contributed by atoms with E-state index in [1.54, 1.807) is 0 Å². The molecule has 20 heavy (non-hydrogen) atoms. The van der Waals surface area contributed by atoms with Gasteiger partial charge in [-0.2, -0.15) is 0 Å². The zero-order valence-electron chi connectivity index (χ0n) is 12.9. The third kappa shape index (κ3) is 2.99. The summed E-state index contributed by atoms with van der Waals surface area (Å²) in [4.78, 5) is 26.2. The molecule has 0 radical (unpaired) electrons. The van der Waals surface area contributed by atoms with E-state index in [2.05, 4.69) is 0 Å². The molecule has 0 aromatic rings. The topological polar surface area (TPSA) is 57.6 Å². The first-order valence-electron chi connectivity index (χ1n) is 7.85. The molecule has 1 aliphatic heterocycles. The van der Waals surface area contributed by atoms with Gasteiger partial charge in [-0.1, -0.05) is 33.6 Å². The van der Waals surface area contributed by atoms with E-state index in [1.165, 1.54) is 19.3 Å². The molecule has 1 heterocycles. The van der Waals surface area contributed by atoms with Gasteiger partial charge >= 0.3 is 5.97 Å². The molecule has 1 N–H and O–H groups in total. The number of fused-ring (bicyclic) bond motifs is 1. The van der Waals surface area contributed by atoms with Crippen LogP contribution in [0.25, 0.3) is 0 Å². The van der Waals surface area contributed by atoms with Crippen LogP contribution in [0.3, 0.4) is 0 Å². The number of carbonyl (C=O) groups excluding carboxylic acids is 1. The molecule has 0 aromatic carbocycles. The minimum atomic E-state index is -0.986. The zero-order valence-corrected chi connectivity index (χ0v) is 12.9. The maximum Gasteiger partial charge on any atom is 0.316 e. The standard InChI is InChI=1S/C16H27NO3/c1-16(2,3)13(15(19)20)14(18)17-10-6-8-11-7-4-5-9-12(11)17/h11-13H,4-10H2,1-3H3,(H,19,20). The Hall–Kier alpha value is -1.06. The smallest absolute Gasteiger partial charge is 0.316 e. The van der Waals surface area contributed by atoms with Crippen molar-refractivity contribution in [3.8, 4) is 0 Å². The van der Waals surface area contributed by atoms with Crippen LogP contribution in [0.15, 0.2) is 0 Å². The highest BCUT2D eigenvalue weighted by molar-refractivity contribution is 5.98. The van der Waals surface area contributed by atoms with E-state index in [9.17, 15) is 14.7 Å². The van der Waals surface area contributed by atoms with E-state index in [-0.39, 0.29) is 11.9 Å². The third-order valence-corrected chi connectivity index (χ3v) is 4.89. The minimum Gasteiger partial charge on any atom is -0.481 e. The average Bonchev–Trinajstić information content (AvgIpc) is 2.35. The van der Waals surface area contributed by atoms with Gasteiger partial charge in [0.15, 0.2) is 0 Å². The maximum atomic E-state index is 12.8. The molecule has 1 saturated carbocycles. The van der Waals surface area contributed by atoms with Crippen molar-refractivity contribution in [3.05, 3.63) is 0 Å². The van der Waals surface area contributed by atoms with Crippen molar-refractivity contribution in [1.82, 2.24) is 4.90 Å². The maximum absolute atomic E-state index is 12.8. The molecule has 3 unspecified atom stereocenters. The van der Waals surface area contributed by atoms with E-state index < -0.39 is 17.3 Å². The molecule has 2 fully saturated rings. The fourth-order valence-electron chi connectivity index (χ4n) is 3.91. The summed E-state index contributed by atoms with van der Waals surface area (Å²) < 4.78 is 0. The van der Waals surface area contributed by atoms with Crippen molar-refractivity contribution in [2.45, 2.75) is 65.3 Å². The number of aliphatic carboxylic acids is 1. The van der Waals surface area contributed by atoms with Gasteiger partial charge in [-0.05, 0) is 37.0 Å². The van der Waals surface area contributed by atoms with Crippen molar-refractivity contribution in [2.24, 2.45) is 17.3 Å². The summed E-state index contributed by atoms with van der Waals surface area (Å²) in [5, 5.41) is 9.46. The number of carboxylic acid groups (broad SMARTS) is 1. The van der Waals surface area contributed by atoms with Gasteiger partial charge in [-0.25, -0.2) is 0 Å². The second-order valence-corrected chi connectivity index (χ2v) is 7.42. The summed E-state index contributed by atoms with van der Waals surface area (Å²) in [6.45, 7) is 6.25. The average molecular weight is 281 g/mol. The Bertz CT molecular complexity index is 384. The van der Waals surface area contributed by atoms with Gasteiger partial charge in [0.05, 0.1) is 0 Å². The molecule has 0 spiro atoms. The Labute approximate surface area is 121 Å². The number of nitrogens with zero attached hydrogens (tertiary/aromatic N) is 1. The van der Waals surface area contributed by atoms with E-state index in [4.69, 9.17) is 0 Å². The molecule has 0 aromatic heterocycles. The Morgan fingerprint density at radius 2 is 1.70 bits per heavy atom. The van der Waals surface area contributed by atoms with Gasteiger partial charge in [0.1, 0.15) is 5.92 Å². The normalized spacial score (nSPS) is 28.6. The molecule has 2 rings (SSSR count). The molecule has 1 amide bonds. The first-order valence-corrected chi connectivity index (χ1v) is 7.85. The van der Waals surface area contributed by atoms with Crippen LogP contribution >= 0.6 is 0 Å². The lowest BCUT2D eigenvalue weighted by Crippen LogP contribution is -2.54. The van der Waals surface area contributed by atoms with Gasteiger partial charge < -0.3 is 10.0 Å². The molecular weight excluding hydrogens is 254 g/mol. The summed E-state index contributed by atoms with van der Waals surface area (Å²) >= 11 is 0. The number of hydrogen-bond acceptors (Lipinski definition) is 2. The summed E-state index contributed by atoms with van der Waals surface area (Å²) in [7, 11) is 0. The SMILES string of the molecule is CC(C)(C)C(C(=O)O)C(=O)N1CCCC2CCCCC21. The van der Waals surface area contributed by atoms with Crippen LogP contribution < -0.4 is 0 Å². The predicted molar refractivity (Wildman–Crippen MR) is 77.3 cm³/mol. The number of carboxylic acids is 1. The lowest BCUT2D eigenvalue weighted by atomic mass is 9.75. The van der Waals surface area contributed by atoms with Gasteiger partial charge in [0, 0.05) is 12.6 Å². The molecule has 2 aliphatic rings. The number of rotatable bonds is 2. The highest BCUT2D eigenvalue weighted by atomic mass is 16.4. The Morgan fingerprint density at radius 1 is 1.10 bits per heavy atom. The van der Waals surface area contributed by atoms with Crippen LogP contribution in [0.5, 0.6) is 0 Å². The number of amides is 1. The molecule has 4 nitrogen and oxygen atoms in total. The van der Waals surface area contributed by atoms with E-state index >= 15 is 0 Å². The lowest BCUT2D eigenvalue weighted by Gasteiger charge is -2.46. The number of piperidine rings is 1. The quantitative estimate of drug-likeness (QED) is 0.792. The first-order chi connectivity index (χ1) is 9.32. The van der Waals surface area contributed by atoms with E-state index in [0.29, 0.717) is 5.92 Å². The largest absolute Gasteiger partial charge is 0.481 e. The first kappa shape index (κ1) is 15.3. The highest BCUT2D eigenvalue weighted by Crippen LogP contribution is 2.37. The molecule has 0 bridgehead atoms. The van der Waals surface area contributed by atoms with Crippen molar-refractivity contribution in [3.63, 3.8) is 0 Å². The molecule has 114 valence electrons. The van der Waals surface area contributed by atoms with Crippen molar-refractivity contribution >= 4 is 11.9 Å². The molecule has 3 atom stereocenters. The van der Waals surface area contributed by atoms with Crippen molar-refractivity contribution in [1.29, 1.82) is 0 Å². The molecule has 1 saturated heterocycles. The van der Waals surface area contributed by atoms with Gasteiger partial charge in [0.2, 0.25) is 5.91 Å². The van der Waals surface area contributed by atoms with E-state index in [0.717, 1.165) is 25.8 Å². The second kappa shape index (κ2) is 5.74. The van der Waals surface area contributed by atoms with Gasteiger partial charge in [-0.3, -0.25) is 9.59 Å². The van der Waals surface area contributed by atoms with Crippen LogP contribution in [0.1, 0.15) is 59.3 Å². The Balaban J connectivity index is 2.19. The Morgan fingerprint density at radius 3 is 2.30 bits per heavy atom. The third-order valence-electron chi connectivity index (χ3n) is 4.89. The zero-order chi connectivity index (χ0) is 14.9. The summed E-state index contributed by atoms with van der Waals surface area (Å²) in [6, 6.07) is 0.286. The van der Waals surface area contributed by atoms with Crippen LogP contribution in [0.2, 0.25) is 0 Å². The monoisotopic (exact) mass is 281 g/mol. The number of hydrogen-bond donors (Lipinski definition) is 1. The molecular formula is C16H27NO3. The summed E-state index contributed by atoms with van der Waals surface area (Å²) in [5.74, 6) is -1.49. The van der Waals surface area contributed by atoms with Crippen LogP contribution in [-0.2, 0) is 9.59 Å². The fraction of sp³-hybridized carbons (Fsp3) is 0.875. The van der Waals surface area contributed by atoms with Crippen molar-refractivity contribution < 1.29 is 14.7 Å². The summed E-state index contributed by atoms with van der Waals surface area (Å²) in [6.07, 6.45) is 6.88. The molecule has 4 heteroatoms. The lowest BCUT2D eigenvalue weighted by molar-refractivity contribution is -0.159. The minimum absolute atomic E-state index is 0.165. The second-order valence-electron chi connectivity index (χ2n) is 7.42. The van der Waals surface area contributed by atoms with Gasteiger partial charge in [-0.15, -0.1) is 0 Å². The van der Waals surface area contributed by atoms with Crippen LogP contribution in [-0.4, -0.2) is 34.5 Å². The number of carbonyl (C=O) groups is 2. The molecule has 1 aliphatic carbocycles. The van der Waals surface area contributed by atoms with Crippen molar-refractivity contribution in [2.75, 3.05) is 6.54 Å². The summed E-state index contributed by atoms with van der Waals surface area (Å²) in [5.41, 5.74) is -0.537.